The van der Waals surface area contributed by atoms with Gasteiger partial charge in [0.1, 0.15) is 22.7 Å². The Labute approximate surface area is 281 Å². The second-order valence-electron chi connectivity index (χ2n) is 14.5. The molecule has 1 aromatic rings. The molecule has 6 atom stereocenters. The van der Waals surface area contributed by atoms with Gasteiger partial charge in [-0.15, -0.1) is 23.2 Å². The molecule has 2 aliphatic carbocycles. The molecule has 0 aliphatic heterocycles. The first-order valence-corrected chi connectivity index (χ1v) is 17.0. The van der Waals surface area contributed by atoms with Crippen LogP contribution in [0.15, 0.2) is 24.3 Å². The van der Waals surface area contributed by atoms with Gasteiger partial charge in [0, 0.05) is 24.1 Å². The zero-order valence-corrected chi connectivity index (χ0v) is 30.6. The van der Waals surface area contributed by atoms with Crippen molar-refractivity contribution in [1.29, 1.82) is 0 Å². The molecule has 256 valence electrons. The third kappa shape index (κ3) is 18.0. The van der Waals surface area contributed by atoms with Gasteiger partial charge in [0.15, 0.2) is 0 Å². The lowest BCUT2D eigenvalue weighted by atomic mass is 9.80. The van der Waals surface area contributed by atoms with E-state index in [-0.39, 0.29) is 51.9 Å². The van der Waals surface area contributed by atoms with Gasteiger partial charge in [-0.3, -0.25) is 14.4 Å². The van der Waals surface area contributed by atoms with Gasteiger partial charge in [-0.2, -0.15) is 0 Å². The first-order chi connectivity index (χ1) is 20.7. The number of ketones is 1. The van der Waals surface area contributed by atoms with E-state index in [4.69, 9.17) is 37.4 Å². The standard InChI is InChI=1S/2C12H21ClO2.C12H14O3/c1-8-7-9(13)5-6-10(8)11(14)15-12(2,3)4;1-8-5-6-9(13)7-10(8)11(14)15-12(2,3)4;1-9(13)3-4-11-5-7-12(8-6-11)15-10(2)14/h2*8-10H,5-7H2,1-4H3;5-8H,3-4H2,1-2H3. The second kappa shape index (κ2) is 18.9. The van der Waals surface area contributed by atoms with Crippen molar-refractivity contribution in [2.45, 2.75) is 143 Å². The van der Waals surface area contributed by atoms with Crippen LogP contribution in [0.5, 0.6) is 5.75 Å². The number of benzene rings is 1. The maximum atomic E-state index is 11.9. The molecule has 6 unspecified atom stereocenters. The van der Waals surface area contributed by atoms with Gasteiger partial charge in [0.25, 0.3) is 0 Å². The Hall–Kier alpha value is -2.12. The summed E-state index contributed by atoms with van der Waals surface area (Å²) in [6, 6.07) is 7.19. The van der Waals surface area contributed by atoms with Crippen molar-refractivity contribution in [3.63, 3.8) is 0 Å². The highest BCUT2D eigenvalue weighted by molar-refractivity contribution is 6.21. The lowest BCUT2D eigenvalue weighted by molar-refractivity contribution is -0.164. The quantitative estimate of drug-likeness (QED) is 0.169. The number of esters is 3. The summed E-state index contributed by atoms with van der Waals surface area (Å²) in [7, 11) is 0. The van der Waals surface area contributed by atoms with E-state index in [2.05, 4.69) is 13.8 Å². The number of rotatable bonds is 6. The molecule has 2 saturated carbocycles. The SMILES string of the molecule is CC(=O)CCc1ccc(OC(C)=O)cc1.CC1CC(Cl)CCC1C(=O)OC(C)(C)C.CC1CCC(Cl)CC1C(=O)OC(C)(C)C. The normalized spacial score (nSPS) is 24.9. The van der Waals surface area contributed by atoms with Crippen LogP contribution in [-0.4, -0.2) is 45.6 Å². The van der Waals surface area contributed by atoms with Crippen LogP contribution in [0.3, 0.4) is 0 Å². The number of hydrogen-bond donors (Lipinski definition) is 0. The monoisotopic (exact) mass is 670 g/mol. The highest BCUT2D eigenvalue weighted by Gasteiger charge is 2.35. The molecule has 0 spiro atoms. The molecule has 7 nitrogen and oxygen atoms in total. The maximum Gasteiger partial charge on any atom is 0.309 e. The highest BCUT2D eigenvalue weighted by atomic mass is 35.5. The smallest absolute Gasteiger partial charge is 0.309 e. The molecule has 1 aromatic carbocycles. The molecule has 0 amide bonds. The van der Waals surface area contributed by atoms with Crippen molar-refractivity contribution >= 4 is 46.9 Å². The number of alkyl halides is 2. The predicted molar refractivity (Wildman–Crippen MR) is 181 cm³/mol. The zero-order valence-electron chi connectivity index (χ0n) is 29.0. The third-order valence-electron chi connectivity index (χ3n) is 7.61. The number of halogens is 2. The number of carbonyl (C=O) groups is 4. The molecule has 0 saturated heterocycles. The van der Waals surface area contributed by atoms with E-state index in [1.165, 1.54) is 6.92 Å². The Bertz CT molecular complexity index is 1090. The van der Waals surface area contributed by atoms with Gasteiger partial charge >= 0.3 is 17.9 Å². The van der Waals surface area contributed by atoms with Crippen LogP contribution < -0.4 is 4.74 Å². The summed E-state index contributed by atoms with van der Waals surface area (Å²) in [5.41, 5.74) is 0.297. The Morgan fingerprint density at radius 2 is 1.20 bits per heavy atom. The number of hydrogen-bond acceptors (Lipinski definition) is 7. The zero-order chi connectivity index (χ0) is 34.5. The largest absolute Gasteiger partial charge is 0.460 e. The Kier molecular flexibility index (Phi) is 17.2. The summed E-state index contributed by atoms with van der Waals surface area (Å²) in [6.07, 6.45) is 6.80. The summed E-state index contributed by atoms with van der Waals surface area (Å²) >= 11 is 12.1. The molecular weight excluding hydrogens is 615 g/mol. The van der Waals surface area contributed by atoms with Crippen molar-refractivity contribution in [3.05, 3.63) is 29.8 Å². The van der Waals surface area contributed by atoms with Crippen LogP contribution in [0.2, 0.25) is 0 Å². The van der Waals surface area contributed by atoms with Crippen LogP contribution in [0.4, 0.5) is 0 Å². The van der Waals surface area contributed by atoms with Crippen LogP contribution in [-0.2, 0) is 35.1 Å². The lowest BCUT2D eigenvalue weighted by Crippen LogP contribution is -2.35. The number of Topliss-reactive ketones (excluding diaryl/α,β-unsaturated/α-hetero) is 1. The van der Waals surface area contributed by atoms with Gasteiger partial charge in [0.2, 0.25) is 0 Å². The number of ether oxygens (including phenoxy) is 3. The number of aryl methyl sites for hydroxylation is 1. The summed E-state index contributed by atoms with van der Waals surface area (Å²) in [4.78, 5) is 45.2. The van der Waals surface area contributed by atoms with Crippen LogP contribution in [0.25, 0.3) is 0 Å². The Morgan fingerprint density at radius 3 is 1.67 bits per heavy atom. The van der Waals surface area contributed by atoms with Gasteiger partial charge < -0.3 is 19.0 Å². The first-order valence-electron chi connectivity index (χ1n) is 16.2. The van der Waals surface area contributed by atoms with Crippen LogP contribution in [0.1, 0.15) is 120 Å². The molecule has 3 rings (SSSR count). The molecule has 9 heteroatoms. The molecule has 0 N–H and O–H groups in total. The minimum atomic E-state index is -0.393. The van der Waals surface area contributed by atoms with E-state index in [1.54, 1.807) is 19.1 Å². The van der Waals surface area contributed by atoms with Crippen molar-refractivity contribution in [1.82, 2.24) is 0 Å². The predicted octanol–water partition coefficient (Wildman–Crippen LogP) is 8.88. The third-order valence-corrected chi connectivity index (χ3v) is 8.40. The van der Waals surface area contributed by atoms with E-state index in [9.17, 15) is 19.2 Å². The van der Waals surface area contributed by atoms with Gasteiger partial charge in [-0.05, 0) is 123 Å². The summed E-state index contributed by atoms with van der Waals surface area (Å²) in [5.74, 6) is 1.02. The van der Waals surface area contributed by atoms with Crippen LogP contribution in [0, 0.1) is 23.7 Å². The van der Waals surface area contributed by atoms with E-state index in [0.717, 1.165) is 50.5 Å². The summed E-state index contributed by atoms with van der Waals surface area (Å²) in [6.45, 7) is 18.6. The Balaban J connectivity index is 0.000000337. The molecule has 2 aliphatic rings. The summed E-state index contributed by atoms with van der Waals surface area (Å²) < 4.78 is 15.7. The van der Waals surface area contributed by atoms with Crippen molar-refractivity contribution < 1.29 is 33.4 Å². The average Bonchev–Trinajstić information content (AvgIpc) is 2.88. The maximum absolute atomic E-state index is 11.9. The molecule has 0 heterocycles. The van der Waals surface area contributed by atoms with E-state index in [1.807, 2.05) is 53.7 Å². The fraction of sp³-hybridized carbons (Fsp3) is 0.722. The van der Waals surface area contributed by atoms with Gasteiger partial charge in [-0.1, -0.05) is 26.0 Å². The second-order valence-corrected chi connectivity index (χ2v) is 15.7. The minimum Gasteiger partial charge on any atom is -0.460 e. The van der Waals surface area contributed by atoms with Crippen LogP contribution >= 0.6 is 23.2 Å². The van der Waals surface area contributed by atoms with Crippen molar-refractivity contribution in [2.75, 3.05) is 0 Å². The fourth-order valence-corrected chi connectivity index (χ4v) is 5.97. The highest BCUT2D eigenvalue weighted by Crippen LogP contribution is 2.35. The average molecular weight is 672 g/mol. The molecular formula is C36H56Cl2O7. The molecule has 0 bridgehead atoms. The molecule has 0 radical (unpaired) electrons. The van der Waals surface area contributed by atoms with Gasteiger partial charge in [-0.25, -0.2) is 0 Å². The van der Waals surface area contributed by atoms with E-state index >= 15 is 0 Å². The topological polar surface area (TPSA) is 96.0 Å². The Morgan fingerprint density at radius 1 is 0.711 bits per heavy atom. The van der Waals surface area contributed by atoms with Crippen molar-refractivity contribution in [2.24, 2.45) is 23.7 Å². The lowest BCUT2D eigenvalue weighted by Gasteiger charge is -2.32. The molecule has 0 aromatic heterocycles. The van der Waals surface area contributed by atoms with Gasteiger partial charge in [0.05, 0.1) is 11.8 Å². The molecule has 2 fully saturated rings. The fourth-order valence-electron chi connectivity index (χ4n) is 5.25. The minimum absolute atomic E-state index is 0.0134. The first kappa shape index (κ1) is 40.9. The molecule has 45 heavy (non-hydrogen) atoms. The number of carbonyl (C=O) groups excluding carboxylic acids is 4. The van der Waals surface area contributed by atoms with E-state index < -0.39 is 5.60 Å². The van der Waals surface area contributed by atoms with Crippen molar-refractivity contribution in [3.8, 4) is 5.75 Å². The van der Waals surface area contributed by atoms with E-state index in [0.29, 0.717) is 24.0 Å². The summed E-state index contributed by atoms with van der Waals surface area (Å²) in [5, 5.41) is 0.373.